The van der Waals surface area contributed by atoms with E-state index in [2.05, 4.69) is 0 Å². The molecule has 2 nitrogen and oxygen atoms in total. The van der Waals surface area contributed by atoms with Crippen molar-refractivity contribution < 1.29 is 5.11 Å². The van der Waals surface area contributed by atoms with E-state index in [-0.39, 0.29) is 6.61 Å². The van der Waals surface area contributed by atoms with E-state index in [4.69, 9.17) is 22.4 Å². The van der Waals surface area contributed by atoms with Gasteiger partial charge in [-0.15, -0.1) is 0 Å². The first kappa shape index (κ1) is 11.5. The number of benzene rings is 1. The van der Waals surface area contributed by atoms with Gasteiger partial charge in [-0.2, -0.15) is 0 Å². The topological polar surface area (TPSA) is 46.2 Å². The van der Waals surface area contributed by atoms with Crippen LogP contribution >= 0.6 is 11.6 Å². The molecule has 78 valence electrons. The molecule has 0 fully saturated rings. The molecule has 1 aromatic carbocycles. The van der Waals surface area contributed by atoms with Crippen LogP contribution in [0.25, 0.3) is 0 Å². The molecule has 1 aromatic rings. The summed E-state index contributed by atoms with van der Waals surface area (Å²) >= 11 is 6.00. The second kappa shape index (κ2) is 4.30. The summed E-state index contributed by atoms with van der Waals surface area (Å²) in [7, 11) is 0. The fraction of sp³-hybridized carbons (Fsp3) is 0.455. The first-order chi connectivity index (χ1) is 6.49. The Morgan fingerprint density at radius 1 is 1.50 bits per heavy atom. The van der Waals surface area contributed by atoms with Crippen LogP contribution in [-0.2, 0) is 5.54 Å². The van der Waals surface area contributed by atoms with E-state index in [1.165, 1.54) is 0 Å². The molecule has 0 unspecified atom stereocenters. The van der Waals surface area contributed by atoms with Gasteiger partial charge >= 0.3 is 0 Å². The zero-order valence-corrected chi connectivity index (χ0v) is 9.30. The molecule has 0 radical (unpaired) electrons. The Bertz CT molecular complexity index is 323. The van der Waals surface area contributed by atoms with Crippen molar-refractivity contribution in [1.29, 1.82) is 0 Å². The minimum atomic E-state index is -0.510. The van der Waals surface area contributed by atoms with Crippen LogP contribution in [0, 0.1) is 6.92 Å². The molecule has 14 heavy (non-hydrogen) atoms. The Balaban J connectivity index is 3.12. The molecular weight excluding hydrogens is 198 g/mol. The molecule has 0 aliphatic rings. The summed E-state index contributed by atoms with van der Waals surface area (Å²) in [5.41, 5.74) is 7.58. The van der Waals surface area contributed by atoms with Gasteiger partial charge in [-0.1, -0.05) is 23.7 Å². The maximum atomic E-state index is 8.91. The van der Waals surface area contributed by atoms with Crippen LogP contribution in [0.2, 0.25) is 5.02 Å². The molecule has 0 amide bonds. The summed E-state index contributed by atoms with van der Waals surface area (Å²) < 4.78 is 0. The molecule has 0 aliphatic heterocycles. The third-order valence-electron chi connectivity index (χ3n) is 2.51. The van der Waals surface area contributed by atoms with Gasteiger partial charge in [0.15, 0.2) is 0 Å². The van der Waals surface area contributed by atoms with Crippen molar-refractivity contribution in [1.82, 2.24) is 0 Å². The standard InChI is InChI=1S/C11H16ClNO/c1-8-9(4-3-5-10(8)12)11(2,13)6-7-14/h3-5,14H,6-7,13H2,1-2H3/t11-/m0/s1. The van der Waals surface area contributed by atoms with Gasteiger partial charge in [0.05, 0.1) is 0 Å². The van der Waals surface area contributed by atoms with Gasteiger partial charge in [0.1, 0.15) is 0 Å². The number of hydrogen-bond acceptors (Lipinski definition) is 2. The SMILES string of the molecule is Cc1c(Cl)cccc1[C@@](C)(N)CCO. The van der Waals surface area contributed by atoms with E-state index >= 15 is 0 Å². The summed E-state index contributed by atoms with van der Waals surface area (Å²) in [5.74, 6) is 0. The molecule has 0 heterocycles. The second-order valence-electron chi connectivity index (χ2n) is 3.80. The Labute approximate surface area is 89.7 Å². The summed E-state index contributed by atoms with van der Waals surface area (Å²) in [6.07, 6.45) is 0.536. The van der Waals surface area contributed by atoms with E-state index in [9.17, 15) is 0 Å². The minimum Gasteiger partial charge on any atom is -0.396 e. The highest BCUT2D eigenvalue weighted by molar-refractivity contribution is 6.31. The van der Waals surface area contributed by atoms with Gasteiger partial charge in [-0.25, -0.2) is 0 Å². The maximum absolute atomic E-state index is 8.91. The molecule has 3 N–H and O–H groups in total. The number of rotatable bonds is 3. The fourth-order valence-electron chi connectivity index (χ4n) is 1.59. The van der Waals surface area contributed by atoms with E-state index < -0.39 is 5.54 Å². The monoisotopic (exact) mass is 213 g/mol. The van der Waals surface area contributed by atoms with Crippen molar-refractivity contribution in [2.24, 2.45) is 5.73 Å². The highest BCUT2D eigenvalue weighted by Gasteiger charge is 2.22. The predicted molar refractivity (Wildman–Crippen MR) is 59.4 cm³/mol. The van der Waals surface area contributed by atoms with E-state index in [0.29, 0.717) is 6.42 Å². The molecule has 1 rings (SSSR count). The fourth-order valence-corrected chi connectivity index (χ4v) is 1.77. The lowest BCUT2D eigenvalue weighted by molar-refractivity contribution is 0.247. The van der Waals surface area contributed by atoms with E-state index in [1.54, 1.807) is 0 Å². The number of aliphatic hydroxyl groups is 1. The average molecular weight is 214 g/mol. The van der Waals surface area contributed by atoms with Crippen LogP contribution in [0.4, 0.5) is 0 Å². The third-order valence-corrected chi connectivity index (χ3v) is 2.92. The molecule has 0 saturated heterocycles. The largest absolute Gasteiger partial charge is 0.396 e. The first-order valence-corrected chi connectivity index (χ1v) is 5.02. The minimum absolute atomic E-state index is 0.0823. The number of halogens is 1. The Kier molecular flexibility index (Phi) is 3.53. The number of hydrogen-bond donors (Lipinski definition) is 2. The highest BCUT2D eigenvalue weighted by atomic mass is 35.5. The number of aliphatic hydroxyl groups excluding tert-OH is 1. The van der Waals surface area contributed by atoms with Gasteiger partial charge in [0.25, 0.3) is 0 Å². The predicted octanol–water partition coefficient (Wildman–Crippen LogP) is 2.20. The van der Waals surface area contributed by atoms with Gasteiger partial charge in [0.2, 0.25) is 0 Å². The van der Waals surface area contributed by atoms with Crippen LogP contribution in [0.15, 0.2) is 18.2 Å². The lowest BCUT2D eigenvalue weighted by atomic mass is 9.87. The molecule has 0 bridgehead atoms. The van der Waals surface area contributed by atoms with Crippen LogP contribution in [0.3, 0.4) is 0 Å². The third kappa shape index (κ3) is 2.27. The quantitative estimate of drug-likeness (QED) is 0.809. The summed E-state index contributed by atoms with van der Waals surface area (Å²) in [4.78, 5) is 0. The molecule has 0 aliphatic carbocycles. The van der Waals surface area contributed by atoms with Crippen LogP contribution in [0.1, 0.15) is 24.5 Å². The van der Waals surface area contributed by atoms with Gasteiger partial charge in [-0.05, 0) is 37.5 Å². The van der Waals surface area contributed by atoms with Gasteiger partial charge in [-0.3, -0.25) is 0 Å². The van der Waals surface area contributed by atoms with E-state index in [1.807, 2.05) is 32.0 Å². The van der Waals surface area contributed by atoms with E-state index in [0.717, 1.165) is 16.1 Å². The summed E-state index contributed by atoms with van der Waals surface area (Å²) in [5, 5.41) is 9.63. The van der Waals surface area contributed by atoms with Gasteiger partial charge < -0.3 is 10.8 Å². The second-order valence-corrected chi connectivity index (χ2v) is 4.21. The van der Waals surface area contributed by atoms with Crippen LogP contribution in [-0.4, -0.2) is 11.7 Å². The van der Waals surface area contributed by atoms with Gasteiger partial charge in [0, 0.05) is 17.2 Å². The first-order valence-electron chi connectivity index (χ1n) is 4.64. The Hall–Kier alpha value is -0.570. The Morgan fingerprint density at radius 3 is 2.71 bits per heavy atom. The zero-order chi connectivity index (χ0) is 10.8. The molecule has 1 atom stereocenters. The van der Waals surface area contributed by atoms with Crippen molar-refractivity contribution >= 4 is 11.6 Å². The van der Waals surface area contributed by atoms with Crippen molar-refractivity contribution in [3.05, 3.63) is 34.3 Å². The maximum Gasteiger partial charge on any atom is 0.0451 e. The summed E-state index contributed by atoms with van der Waals surface area (Å²) in [6.45, 7) is 3.93. The molecule has 0 aromatic heterocycles. The molecular formula is C11H16ClNO. The Morgan fingerprint density at radius 2 is 2.14 bits per heavy atom. The van der Waals surface area contributed by atoms with Crippen molar-refractivity contribution in [2.45, 2.75) is 25.8 Å². The molecule has 3 heteroatoms. The highest BCUT2D eigenvalue weighted by Crippen LogP contribution is 2.28. The zero-order valence-electron chi connectivity index (χ0n) is 8.55. The van der Waals surface area contributed by atoms with Crippen molar-refractivity contribution in [3.8, 4) is 0 Å². The van der Waals surface area contributed by atoms with Crippen molar-refractivity contribution in [3.63, 3.8) is 0 Å². The van der Waals surface area contributed by atoms with Crippen LogP contribution < -0.4 is 5.73 Å². The lowest BCUT2D eigenvalue weighted by Gasteiger charge is -2.26. The van der Waals surface area contributed by atoms with Crippen LogP contribution in [0.5, 0.6) is 0 Å². The molecule has 0 saturated carbocycles. The molecule has 0 spiro atoms. The average Bonchev–Trinajstić information content (AvgIpc) is 2.09. The summed E-state index contributed by atoms with van der Waals surface area (Å²) in [6, 6.07) is 5.68. The smallest absolute Gasteiger partial charge is 0.0451 e. The number of nitrogens with two attached hydrogens (primary N) is 1. The normalized spacial score (nSPS) is 15.2. The lowest BCUT2D eigenvalue weighted by Crippen LogP contribution is -2.34. The van der Waals surface area contributed by atoms with Crippen molar-refractivity contribution in [2.75, 3.05) is 6.61 Å².